The van der Waals surface area contributed by atoms with Crippen molar-refractivity contribution in [2.75, 3.05) is 0 Å². The van der Waals surface area contributed by atoms with Crippen molar-refractivity contribution in [3.8, 4) is 34.1 Å². The highest BCUT2D eigenvalue weighted by molar-refractivity contribution is 6.09. The third-order valence-corrected chi connectivity index (χ3v) is 10.3. The Morgan fingerprint density at radius 3 is 2.16 bits per heavy atom. The summed E-state index contributed by atoms with van der Waals surface area (Å²) in [6.45, 7) is 13.8. The smallest absolute Gasteiger partial charge is 0.140 e. The normalized spacial score (nSPS) is 12.9. The maximum Gasteiger partial charge on any atom is 0.140 e. The quantitative estimate of drug-likeness (QED) is 0.138. The first-order valence-electron chi connectivity index (χ1n) is 17.8. The number of nitrogens with zero attached hydrogens (tertiary/aromatic N) is 4. The van der Waals surface area contributed by atoms with Crippen molar-refractivity contribution < 1.29 is 9.13 Å². The number of pyridine rings is 1. The number of aryl methyl sites for hydroxylation is 2. The Bertz CT molecular complexity index is 2280. The summed E-state index contributed by atoms with van der Waals surface area (Å²) in [4.78, 5) is 4.49. The Balaban J connectivity index is 1.25. The van der Waals surface area contributed by atoms with Gasteiger partial charge in [-0.25, -0.2) is 14.1 Å². The van der Waals surface area contributed by atoms with Crippen molar-refractivity contribution in [2.24, 2.45) is 11.8 Å². The molecule has 0 aliphatic rings. The number of ether oxygens (including phenoxy) is 1. The molecule has 0 aliphatic carbocycles. The van der Waals surface area contributed by atoms with E-state index in [2.05, 4.69) is 77.0 Å². The van der Waals surface area contributed by atoms with Gasteiger partial charge >= 0.3 is 0 Å². The third kappa shape index (κ3) is 6.42. The molecule has 0 N–H and O–H groups in total. The molecule has 50 heavy (non-hydrogen) atoms. The van der Waals surface area contributed by atoms with Crippen LogP contribution in [0, 0.1) is 31.5 Å². The molecule has 7 aromatic rings. The molecule has 5 nitrogen and oxygen atoms in total. The molecule has 2 atom stereocenters. The highest BCUT2D eigenvalue weighted by atomic mass is 19.1. The van der Waals surface area contributed by atoms with Crippen molar-refractivity contribution in [3.63, 3.8) is 0 Å². The van der Waals surface area contributed by atoms with E-state index >= 15 is 0 Å². The van der Waals surface area contributed by atoms with Crippen molar-refractivity contribution in [3.05, 3.63) is 132 Å². The second-order valence-corrected chi connectivity index (χ2v) is 13.9. The summed E-state index contributed by atoms with van der Waals surface area (Å²) in [5.41, 5.74) is 10.9. The van der Waals surface area contributed by atoms with E-state index in [1.807, 2.05) is 64.0 Å². The van der Waals surface area contributed by atoms with Crippen LogP contribution in [0.1, 0.15) is 62.8 Å². The van der Waals surface area contributed by atoms with Gasteiger partial charge in [-0.05, 0) is 103 Å². The van der Waals surface area contributed by atoms with Gasteiger partial charge in [0.25, 0.3) is 0 Å². The number of hydrogen-bond donors (Lipinski definition) is 0. The van der Waals surface area contributed by atoms with E-state index in [-0.39, 0.29) is 5.82 Å². The molecule has 0 bridgehead atoms. The lowest BCUT2D eigenvalue weighted by Crippen LogP contribution is -2.09. The van der Waals surface area contributed by atoms with Gasteiger partial charge in [-0.1, -0.05) is 70.9 Å². The highest BCUT2D eigenvalue weighted by Crippen LogP contribution is 2.38. The second kappa shape index (κ2) is 13.9. The van der Waals surface area contributed by atoms with Crippen LogP contribution in [0.4, 0.5) is 4.39 Å². The van der Waals surface area contributed by atoms with Gasteiger partial charge in [0.05, 0.1) is 22.9 Å². The van der Waals surface area contributed by atoms with Crippen LogP contribution in [0.2, 0.25) is 0 Å². The van der Waals surface area contributed by atoms with Crippen LogP contribution in [0.15, 0.2) is 104 Å². The fraction of sp³-hybridized carbons (Fsp3) is 0.273. The number of fused-ring (bicyclic) bond motifs is 3. The van der Waals surface area contributed by atoms with Gasteiger partial charge in [0.15, 0.2) is 0 Å². The van der Waals surface area contributed by atoms with Crippen LogP contribution in [0.5, 0.6) is 11.5 Å². The molecule has 3 aromatic heterocycles. The average molecular weight is 665 g/mol. The zero-order chi connectivity index (χ0) is 34.9. The predicted molar refractivity (Wildman–Crippen MR) is 203 cm³/mol. The first-order valence-corrected chi connectivity index (χ1v) is 17.8. The van der Waals surface area contributed by atoms with Gasteiger partial charge in [0, 0.05) is 46.9 Å². The molecular formula is C44H45FN4O. The minimum absolute atomic E-state index is 0.331. The predicted octanol–water partition coefficient (Wildman–Crippen LogP) is 11.8. The van der Waals surface area contributed by atoms with Crippen molar-refractivity contribution in [2.45, 2.75) is 67.2 Å². The monoisotopic (exact) mass is 664 g/mol. The fourth-order valence-electron chi connectivity index (χ4n) is 7.13. The molecule has 4 aromatic carbocycles. The van der Waals surface area contributed by atoms with Crippen molar-refractivity contribution >= 4 is 21.8 Å². The molecule has 0 saturated heterocycles. The molecule has 0 fully saturated rings. The van der Waals surface area contributed by atoms with E-state index in [9.17, 15) is 4.39 Å². The van der Waals surface area contributed by atoms with Gasteiger partial charge in [0.2, 0.25) is 0 Å². The molecule has 0 radical (unpaired) electrons. The van der Waals surface area contributed by atoms with Crippen LogP contribution in [0.25, 0.3) is 44.4 Å². The van der Waals surface area contributed by atoms with E-state index in [1.54, 1.807) is 0 Å². The zero-order valence-corrected chi connectivity index (χ0v) is 29.9. The van der Waals surface area contributed by atoms with Crippen molar-refractivity contribution in [1.29, 1.82) is 0 Å². The summed E-state index contributed by atoms with van der Waals surface area (Å²) in [6.07, 6.45) is 10.1. The minimum Gasteiger partial charge on any atom is -0.457 e. The van der Waals surface area contributed by atoms with E-state index in [1.165, 1.54) is 46.1 Å². The second-order valence-electron chi connectivity index (χ2n) is 13.9. The minimum atomic E-state index is -0.331. The standard InChI is InChI=1S/C44H45FN4O/c1-7-28(3)20-39-30(5)22-31(6)40(21-29(4)8-2)44(39)32-26-47-48(27-32)34-12-11-13-35(24-34)50-36-16-17-38-37-14-9-10-15-41(37)49(42(38)25-36)43-23-33(45)18-19-46-43/h9-19,22-29H,7-8,20-21H2,1-6H3. The lowest BCUT2D eigenvalue weighted by atomic mass is 9.82. The number of aromatic nitrogens is 4. The zero-order valence-electron chi connectivity index (χ0n) is 29.9. The van der Waals surface area contributed by atoms with Crippen LogP contribution < -0.4 is 4.74 Å². The molecule has 0 amide bonds. The summed E-state index contributed by atoms with van der Waals surface area (Å²) in [6, 6.07) is 27.4. The molecular weight excluding hydrogens is 620 g/mol. The first-order chi connectivity index (χ1) is 24.2. The summed E-state index contributed by atoms with van der Waals surface area (Å²) in [7, 11) is 0. The van der Waals surface area contributed by atoms with E-state index < -0.39 is 0 Å². The fourth-order valence-corrected chi connectivity index (χ4v) is 7.13. The molecule has 0 spiro atoms. The SMILES string of the molecule is CCC(C)Cc1c(C)cc(C)c(CC(C)CC)c1-c1cnn(-c2cccc(Oc3ccc4c5ccccc5n(-c5cc(F)ccn5)c4c3)c2)c1. The number of halogens is 1. The summed E-state index contributed by atoms with van der Waals surface area (Å²) in [5.74, 6) is 2.76. The van der Waals surface area contributed by atoms with E-state index in [0.717, 1.165) is 58.7 Å². The maximum atomic E-state index is 14.3. The largest absolute Gasteiger partial charge is 0.457 e. The topological polar surface area (TPSA) is 44.9 Å². The Hall–Kier alpha value is -5.23. The number of benzene rings is 4. The van der Waals surface area contributed by atoms with Gasteiger partial charge in [0.1, 0.15) is 23.1 Å². The highest BCUT2D eigenvalue weighted by Gasteiger charge is 2.21. The summed E-state index contributed by atoms with van der Waals surface area (Å²) >= 11 is 0. The van der Waals surface area contributed by atoms with Crippen LogP contribution in [-0.4, -0.2) is 19.3 Å². The molecule has 7 rings (SSSR count). The molecule has 6 heteroatoms. The first kappa shape index (κ1) is 33.3. The molecule has 3 heterocycles. The summed E-state index contributed by atoms with van der Waals surface area (Å²) in [5, 5.41) is 7.00. The average Bonchev–Trinajstić information content (AvgIpc) is 3.73. The number of hydrogen-bond acceptors (Lipinski definition) is 3. The molecule has 0 aliphatic heterocycles. The molecule has 2 unspecified atom stereocenters. The van der Waals surface area contributed by atoms with Gasteiger partial charge in [-0.2, -0.15) is 5.10 Å². The van der Waals surface area contributed by atoms with Crippen LogP contribution >= 0.6 is 0 Å². The lowest BCUT2D eigenvalue weighted by molar-refractivity contribution is 0.483. The van der Waals surface area contributed by atoms with Crippen LogP contribution in [-0.2, 0) is 12.8 Å². The van der Waals surface area contributed by atoms with Crippen molar-refractivity contribution in [1.82, 2.24) is 19.3 Å². The molecule has 0 saturated carbocycles. The third-order valence-electron chi connectivity index (χ3n) is 10.3. The Labute approximate surface area is 294 Å². The number of para-hydroxylation sites is 1. The number of rotatable bonds is 11. The van der Waals surface area contributed by atoms with Gasteiger partial charge in [-0.3, -0.25) is 4.57 Å². The maximum absolute atomic E-state index is 14.3. The van der Waals surface area contributed by atoms with Gasteiger partial charge < -0.3 is 4.74 Å². The van der Waals surface area contributed by atoms with Gasteiger partial charge in [-0.15, -0.1) is 0 Å². The van der Waals surface area contributed by atoms with Crippen LogP contribution in [0.3, 0.4) is 0 Å². The van der Waals surface area contributed by atoms with E-state index in [0.29, 0.717) is 29.2 Å². The Kier molecular flexibility index (Phi) is 9.28. The lowest BCUT2D eigenvalue weighted by Gasteiger charge is -2.23. The summed E-state index contributed by atoms with van der Waals surface area (Å²) < 4.78 is 24.7. The Morgan fingerprint density at radius 2 is 1.44 bits per heavy atom. The Morgan fingerprint density at radius 1 is 0.740 bits per heavy atom. The molecule has 254 valence electrons. The van der Waals surface area contributed by atoms with E-state index in [4.69, 9.17) is 9.84 Å².